The van der Waals surface area contributed by atoms with Gasteiger partial charge in [-0.15, -0.1) is 0 Å². The van der Waals surface area contributed by atoms with Crippen molar-refractivity contribution >= 4 is 18.2 Å². The molecule has 0 bridgehead atoms. The van der Waals surface area contributed by atoms with E-state index in [0.717, 1.165) is 38.5 Å². The summed E-state index contributed by atoms with van der Waals surface area (Å²) in [7, 11) is -4.10. The van der Waals surface area contributed by atoms with Crippen LogP contribution in [0.4, 0.5) is 0 Å². The van der Waals surface area contributed by atoms with Crippen LogP contribution in [0.15, 0.2) is 58.5 Å². The quantitative estimate of drug-likeness (QED) is 0.104. The van der Waals surface area contributed by atoms with Crippen molar-refractivity contribution < 1.29 is 37.3 Å². The Hall–Kier alpha value is -1.37. The lowest BCUT2D eigenvalue weighted by atomic mass is 9.49. The van der Waals surface area contributed by atoms with Crippen LogP contribution in [0.5, 0.6) is 0 Å². The van der Waals surface area contributed by atoms with Gasteiger partial charge in [0.05, 0.1) is 41.2 Å². The van der Waals surface area contributed by atoms with Gasteiger partial charge in [-0.05, 0) is 118 Å². The van der Waals surface area contributed by atoms with E-state index in [1.807, 2.05) is 6.07 Å². The number of methoxy groups -OCH3 is 1. The number of benzene rings is 1. The Labute approximate surface area is 322 Å². The van der Waals surface area contributed by atoms with E-state index < -0.39 is 35.1 Å². The molecule has 10 atom stereocenters. The van der Waals surface area contributed by atoms with Gasteiger partial charge in [0.25, 0.3) is 0 Å². The number of sulfone groups is 1. The molecule has 1 aromatic carbocycles. The topological polar surface area (TPSA) is 112 Å². The van der Waals surface area contributed by atoms with Crippen molar-refractivity contribution in [2.75, 3.05) is 27.1 Å². The second-order valence-electron chi connectivity index (χ2n) is 19.3. The van der Waals surface area contributed by atoms with Crippen molar-refractivity contribution in [3.8, 4) is 0 Å². The highest BCUT2D eigenvalue weighted by atomic mass is 32.2. The maximum absolute atomic E-state index is 14.5. The highest BCUT2D eigenvalue weighted by Gasteiger charge is 2.62. The Bertz CT molecular complexity index is 1580. The van der Waals surface area contributed by atoms with Gasteiger partial charge >= 0.3 is 0 Å². The average Bonchev–Trinajstić information content (AvgIpc) is 3.42. The van der Waals surface area contributed by atoms with Crippen LogP contribution in [0, 0.1) is 34.5 Å². The SMILES string of the molecule is COCCOCO[C@@H]1C[C@]2(C)[C@@H]([C@H](C)C(C[C@@H](O)C(C)(C)O)S(=O)(=O)c3ccccc3)CC[C@H]2C2=CC=C3C[C@@H](O[Si](C)(C)C(C)(C)C)CC[C@]3(C)[C@H]21. The molecule has 5 rings (SSSR count). The van der Waals surface area contributed by atoms with E-state index >= 15 is 0 Å². The summed E-state index contributed by atoms with van der Waals surface area (Å²) < 4.78 is 53.9. The molecule has 0 aromatic heterocycles. The van der Waals surface area contributed by atoms with Crippen LogP contribution in [-0.4, -0.2) is 83.2 Å². The van der Waals surface area contributed by atoms with E-state index in [1.165, 1.54) is 11.1 Å². The van der Waals surface area contributed by atoms with Crippen LogP contribution in [0.2, 0.25) is 18.1 Å². The zero-order valence-corrected chi connectivity index (χ0v) is 36.3. The predicted octanol–water partition coefficient (Wildman–Crippen LogP) is 8.49. The molecule has 1 aromatic rings. The first-order chi connectivity index (χ1) is 24.6. The van der Waals surface area contributed by atoms with E-state index in [9.17, 15) is 18.6 Å². The minimum atomic E-state index is -3.84. The smallest absolute Gasteiger partial charge is 0.192 e. The van der Waals surface area contributed by atoms with Crippen LogP contribution in [-0.2, 0) is 28.5 Å². The molecule has 3 fully saturated rings. The van der Waals surface area contributed by atoms with Crippen LogP contribution in [0.25, 0.3) is 0 Å². The highest BCUT2D eigenvalue weighted by Crippen LogP contribution is 2.67. The van der Waals surface area contributed by atoms with E-state index in [0.29, 0.717) is 13.2 Å². The van der Waals surface area contributed by atoms with Crippen molar-refractivity contribution in [3.63, 3.8) is 0 Å². The van der Waals surface area contributed by atoms with Gasteiger partial charge in [0.2, 0.25) is 0 Å². The van der Waals surface area contributed by atoms with Gasteiger partial charge in [-0.2, -0.15) is 0 Å². The molecule has 4 aliphatic carbocycles. The number of aliphatic hydroxyl groups excluding tert-OH is 1. The molecule has 300 valence electrons. The molecule has 0 amide bonds. The van der Waals surface area contributed by atoms with Gasteiger partial charge in [-0.1, -0.05) is 83.0 Å². The molecule has 0 radical (unpaired) electrons. The number of aliphatic hydroxyl groups is 2. The minimum Gasteiger partial charge on any atom is -0.414 e. The molecule has 0 saturated heterocycles. The van der Waals surface area contributed by atoms with Crippen molar-refractivity contribution in [1.82, 2.24) is 0 Å². The van der Waals surface area contributed by atoms with Crippen LogP contribution in [0.1, 0.15) is 100 Å². The number of rotatable bonds is 15. The number of hydrogen-bond acceptors (Lipinski definition) is 8. The molecule has 53 heavy (non-hydrogen) atoms. The van der Waals surface area contributed by atoms with E-state index in [1.54, 1.807) is 45.2 Å². The molecule has 4 aliphatic rings. The van der Waals surface area contributed by atoms with E-state index in [4.69, 9.17) is 18.6 Å². The van der Waals surface area contributed by atoms with Crippen LogP contribution >= 0.6 is 0 Å². The summed E-state index contributed by atoms with van der Waals surface area (Å²) in [6.07, 6.45) is 9.29. The Morgan fingerprint density at radius 1 is 1.00 bits per heavy atom. The van der Waals surface area contributed by atoms with Crippen molar-refractivity contribution in [1.29, 1.82) is 0 Å². The van der Waals surface area contributed by atoms with Crippen LogP contribution in [0.3, 0.4) is 0 Å². The molecule has 3 saturated carbocycles. The van der Waals surface area contributed by atoms with E-state index in [-0.39, 0.29) is 69.9 Å². The van der Waals surface area contributed by atoms with Crippen LogP contribution < -0.4 is 0 Å². The standard InChI is InChI=1S/C43H70O8SSi/c1-29(37(26-38(44)41(5,6)45)52(46,47)32-15-13-12-14-16-32)34-19-20-35-33-18-17-30-25-31(51-53(10,11)40(2,3)4)21-22-42(30,7)39(33)36(27-43(34,35)8)50-28-49-24-23-48-9/h12-18,29,31,34-39,44-45H,19-28H2,1-11H3/t29-,31-,34+,35-,36+,37?,38+,39+,42-,43+/m0/s1. The second-order valence-corrected chi connectivity index (χ2v) is 26.3. The third-order valence-corrected chi connectivity index (χ3v) is 21.4. The monoisotopic (exact) mass is 774 g/mol. The molecule has 2 N–H and O–H groups in total. The van der Waals surface area contributed by atoms with Crippen molar-refractivity contribution in [2.45, 2.75) is 153 Å². The van der Waals surface area contributed by atoms with Gasteiger partial charge < -0.3 is 28.8 Å². The number of fused-ring (bicyclic) bond motifs is 5. The van der Waals surface area contributed by atoms with Gasteiger partial charge in [-0.25, -0.2) is 8.42 Å². The summed E-state index contributed by atoms with van der Waals surface area (Å²) in [5.41, 5.74) is 1.14. The normalized spacial score (nSPS) is 32.5. The summed E-state index contributed by atoms with van der Waals surface area (Å²) in [4.78, 5) is 0.256. The molecule has 0 heterocycles. The molecule has 10 heteroatoms. The summed E-state index contributed by atoms with van der Waals surface area (Å²) in [6, 6.07) is 8.60. The second kappa shape index (κ2) is 15.9. The fourth-order valence-corrected chi connectivity index (χ4v) is 13.8. The number of ether oxygens (including phenoxy) is 3. The fourth-order valence-electron chi connectivity index (χ4n) is 10.3. The summed E-state index contributed by atoms with van der Waals surface area (Å²) in [6.45, 7) is 22.7. The first-order valence-corrected chi connectivity index (χ1v) is 24.5. The zero-order valence-electron chi connectivity index (χ0n) is 34.5. The third-order valence-electron chi connectivity index (χ3n) is 14.5. The number of allylic oxidation sites excluding steroid dienone is 2. The van der Waals surface area contributed by atoms with Gasteiger partial charge in [0.1, 0.15) is 6.79 Å². The fraction of sp³-hybridized carbons (Fsp3) is 0.767. The lowest BCUT2D eigenvalue weighted by Gasteiger charge is -2.58. The largest absolute Gasteiger partial charge is 0.414 e. The lowest BCUT2D eigenvalue weighted by Crippen LogP contribution is -2.55. The molecule has 0 aliphatic heterocycles. The molecular weight excluding hydrogens is 705 g/mol. The van der Waals surface area contributed by atoms with Gasteiger partial charge in [0.15, 0.2) is 18.2 Å². The average molecular weight is 775 g/mol. The number of hydrogen-bond donors (Lipinski definition) is 2. The van der Waals surface area contributed by atoms with Crippen molar-refractivity contribution in [2.24, 2.45) is 34.5 Å². The summed E-state index contributed by atoms with van der Waals surface area (Å²) in [5.74, 6) is 0.245. The summed E-state index contributed by atoms with van der Waals surface area (Å²) >= 11 is 0. The van der Waals surface area contributed by atoms with Gasteiger partial charge in [-0.3, -0.25) is 0 Å². The highest BCUT2D eigenvalue weighted by molar-refractivity contribution is 7.92. The molecule has 0 spiro atoms. The van der Waals surface area contributed by atoms with E-state index in [2.05, 4.69) is 66.8 Å². The minimum absolute atomic E-state index is 0.0417. The molecule has 1 unspecified atom stereocenters. The Morgan fingerprint density at radius 2 is 1.68 bits per heavy atom. The first-order valence-electron chi connectivity index (χ1n) is 20.0. The molecule has 8 nitrogen and oxygen atoms in total. The molecular formula is C43H70O8SSi. The van der Waals surface area contributed by atoms with Gasteiger partial charge in [0, 0.05) is 19.1 Å². The van der Waals surface area contributed by atoms with Crippen molar-refractivity contribution in [3.05, 3.63) is 53.6 Å². The first kappa shape index (κ1) is 42.8. The Kier molecular flexibility index (Phi) is 12.8. The zero-order chi connectivity index (χ0) is 39.2. The summed E-state index contributed by atoms with van der Waals surface area (Å²) in [5, 5.41) is 21.3. The lowest BCUT2D eigenvalue weighted by molar-refractivity contribution is -0.152. The Morgan fingerprint density at radius 3 is 2.30 bits per heavy atom. The predicted molar refractivity (Wildman–Crippen MR) is 214 cm³/mol. The maximum atomic E-state index is 14.5. The third kappa shape index (κ3) is 8.51. The Balaban J connectivity index is 1.50. The maximum Gasteiger partial charge on any atom is 0.192 e.